The molecule has 31 heavy (non-hydrogen) atoms. The lowest BCUT2D eigenvalue weighted by molar-refractivity contribution is -0.137. The van der Waals surface area contributed by atoms with Crippen LogP contribution in [0, 0.1) is 0 Å². The maximum atomic E-state index is 13.3. The quantitative estimate of drug-likeness (QED) is 0.608. The first-order valence-electron chi connectivity index (χ1n) is 9.83. The molecule has 0 saturated carbocycles. The number of rotatable bonds is 4. The smallest absolute Gasteiger partial charge is 0.416 e. The largest absolute Gasteiger partial charge is 0.497 e. The van der Waals surface area contributed by atoms with Crippen LogP contribution in [-0.2, 0) is 12.6 Å². The number of hydrogen-bond donors (Lipinski definition) is 1. The van der Waals surface area contributed by atoms with E-state index in [1.807, 2.05) is 30.3 Å². The van der Waals surface area contributed by atoms with E-state index in [2.05, 4.69) is 5.32 Å². The Bertz CT molecular complexity index is 1070. The number of amides is 1. The molecule has 0 bridgehead atoms. The molecule has 7 heteroatoms. The van der Waals surface area contributed by atoms with E-state index in [1.54, 1.807) is 24.3 Å². The molecule has 4 nitrogen and oxygen atoms in total. The molecular weight excluding hydrogens is 405 g/mol. The third-order valence-corrected chi connectivity index (χ3v) is 5.29. The van der Waals surface area contributed by atoms with Crippen LogP contribution in [0.5, 0.6) is 5.75 Å². The van der Waals surface area contributed by atoms with Crippen LogP contribution in [0.4, 0.5) is 24.5 Å². The molecule has 1 aliphatic rings. The Balaban J connectivity index is 1.70. The minimum Gasteiger partial charge on any atom is -0.497 e. The minimum absolute atomic E-state index is 0.145. The van der Waals surface area contributed by atoms with Crippen LogP contribution in [0.2, 0.25) is 0 Å². The van der Waals surface area contributed by atoms with Crippen molar-refractivity contribution in [1.82, 2.24) is 0 Å². The third kappa shape index (κ3) is 4.50. The van der Waals surface area contributed by atoms with Crippen LogP contribution in [0.15, 0.2) is 72.8 Å². The summed E-state index contributed by atoms with van der Waals surface area (Å²) < 4.78 is 45.1. The molecule has 1 aliphatic heterocycles. The molecule has 3 aromatic carbocycles. The van der Waals surface area contributed by atoms with Gasteiger partial charge in [0.25, 0.3) is 5.91 Å². The van der Waals surface area contributed by atoms with Crippen molar-refractivity contribution in [3.05, 3.63) is 89.5 Å². The van der Waals surface area contributed by atoms with E-state index in [9.17, 15) is 18.0 Å². The summed E-state index contributed by atoms with van der Waals surface area (Å²) in [6.07, 6.45) is -3.86. The van der Waals surface area contributed by atoms with Crippen molar-refractivity contribution in [2.45, 2.75) is 18.6 Å². The number of carbonyl (C=O) groups is 1. The Kier molecular flexibility index (Phi) is 5.59. The summed E-state index contributed by atoms with van der Waals surface area (Å²) in [5.74, 6) is 0.237. The van der Waals surface area contributed by atoms with Gasteiger partial charge in [-0.15, -0.1) is 0 Å². The van der Waals surface area contributed by atoms with Crippen LogP contribution in [0.3, 0.4) is 0 Å². The van der Waals surface area contributed by atoms with Gasteiger partial charge >= 0.3 is 6.18 Å². The number of anilines is 2. The van der Waals surface area contributed by atoms with Gasteiger partial charge in [-0.05, 0) is 54.4 Å². The summed E-state index contributed by atoms with van der Waals surface area (Å²) >= 11 is 0. The molecular formula is C24H21F3N2O2. The van der Waals surface area contributed by atoms with E-state index in [1.165, 1.54) is 18.1 Å². The maximum absolute atomic E-state index is 13.3. The van der Waals surface area contributed by atoms with Crippen molar-refractivity contribution in [2.75, 3.05) is 23.9 Å². The number of halogens is 3. The van der Waals surface area contributed by atoms with E-state index in [0.29, 0.717) is 23.4 Å². The monoisotopic (exact) mass is 426 g/mol. The Labute approximate surface area is 178 Å². The number of nitrogens with zero attached hydrogens (tertiary/aromatic N) is 1. The summed E-state index contributed by atoms with van der Waals surface area (Å²) in [5.41, 5.74) is 1.39. The highest BCUT2D eigenvalue weighted by Crippen LogP contribution is 2.38. The number of carbonyl (C=O) groups excluding carboxylic acids is 1. The molecule has 1 heterocycles. The van der Waals surface area contributed by atoms with E-state index in [4.69, 9.17) is 4.74 Å². The van der Waals surface area contributed by atoms with Gasteiger partial charge in [-0.25, -0.2) is 0 Å². The van der Waals surface area contributed by atoms with Crippen molar-refractivity contribution in [3.8, 4) is 5.75 Å². The summed E-state index contributed by atoms with van der Waals surface area (Å²) in [6, 6.07) is 19.6. The van der Waals surface area contributed by atoms with Crippen LogP contribution in [-0.4, -0.2) is 25.6 Å². The van der Waals surface area contributed by atoms with Crippen LogP contribution in [0.25, 0.3) is 0 Å². The predicted molar refractivity (Wildman–Crippen MR) is 114 cm³/mol. The van der Waals surface area contributed by atoms with Crippen LogP contribution < -0.4 is 15.0 Å². The van der Waals surface area contributed by atoms with Gasteiger partial charge in [-0.1, -0.05) is 30.3 Å². The molecule has 1 amide bonds. The second kappa shape index (κ2) is 8.34. The third-order valence-electron chi connectivity index (χ3n) is 5.29. The van der Waals surface area contributed by atoms with Crippen molar-refractivity contribution in [3.63, 3.8) is 0 Å². The molecule has 0 spiro atoms. The lowest BCUT2D eigenvalue weighted by atomic mass is 10.00. The number of ether oxygens (including phenoxy) is 1. The second-order valence-electron chi connectivity index (χ2n) is 7.40. The van der Waals surface area contributed by atoms with Gasteiger partial charge in [-0.3, -0.25) is 4.79 Å². The van der Waals surface area contributed by atoms with Crippen molar-refractivity contribution in [1.29, 1.82) is 0 Å². The first-order valence-corrected chi connectivity index (χ1v) is 9.83. The van der Waals surface area contributed by atoms with Gasteiger partial charge in [0.05, 0.1) is 24.0 Å². The van der Waals surface area contributed by atoms with Gasteiger partial charge < -0.3 is 15.0 Å². The van der Waals surface area contributed by atoms with E-state index in [0.717, 1.165) is 17.7 Å². The van der Waals surface area contributed by atoms with Crippen molar-refractivity contribution in [2.24, 2.45) is 0 Å². The Hall–Kier alpha value is -3.48. The van der Waals surface area contributed by atoms with E-state index in [-0.39, 0.29) is 24.2 Å². The summed E-state index contributed by atoms with van der Waals surface area (Å²) in [5, 5.41) is 3.30. The topological polar surface area (TPSA) is 41.6 Å². The molecule has 1 unspecified atom stereocenters. The Morgan fingerprint density at radius 3 is 2.42 bits per heavy atom. The molecule has 0 fully saturated rings. The molecule has 0 aliphatic carbocycles. The van der Waals surface area contributed by atoms with E-state index >= 15 is 0 Å². The summed E-state index contributed by atoms with van der Waals surface area (Å²) in [6.45, 7) is 0.244. The molecule has 1 atom stereocenters. The Morgan fingerprint density at radius 1 is 1.06 bits per heavy atom. The average Bonchev–Trinajstić information content (AvgIpc) is 2.78. The number of benzene rings is 3. The molecule has 4 rings (SSSR count). The number of hydrogen-bond acceptors (Lipinski definition) is 3. The zero-order valence-electron chi connectivity index (χ0n) is 16.8. The fraction of sp³-hybridized carbons (Fsp3) is 0.208. The highest BCUT2D eigenvalue weighted by molar-refractivity contribution is 6.08. The zero-order chi connectivity index (χ0) is 22.0. The maximum Gasteiger partial charge on any atom is 0.416 e. The average molecular weight is 426 g/mol. The standard InChI is InChI=1S/C24H21F3N2O2/c1-31-20-10-7-17(8-11-20)23(30)29-15-19(13-16-5-3-2-4-6-16)28-21-12-9-18(14-22(21)29)24(25,26)27/h2-12,14,19,28H,13,15H2,1H3. The van der Waals surface area contributed by atoms with Crippen LogP contribution >= 0.6 is 0 Å². The van der Waals surface area contributed by atoms with Crippen LogP contribution in [0.1, 0.15) is 21.5 Å². The summed E-state index contributed by atoms with van der Waals surface area (Å²) in [4.78, 5) is 14.7. The SMILES string of the molecule is COc1ccc(C(=O)N2CC(Cc3ccccc3)Nc3ccc(C(F)(F)F)cc32)cc1. The summed E-state index contributed by atoms with van der Waals surface area (Å²) in [7, 11) is 1.52. The van der Waals surface area contributed by atoms with Crippen molar-refractivity contribution >= 4 is 17.3 Å². The molecule has 0 aromatic heterocycles. The zero-order valence-corrected chi connectivity index (χ0v) is 16.8. The normalized spacial score (nSPS) is 15.7. The van der Waals surface area contributed by atoms with Gasteiger partial charge in [0.2, 0.25) is 0 Å². The van der Waals surface area contributed by atoms with Gasteiger partial charge in [0, 0.05) is 18.2 Å². The fourth-order valence-corrected chi connectivity index (χ4v) is 3.73. The highest BCUT2D eigenvalue weighted by atomic mass is 19.4. The first-order chi connectivity index (χ1) is 14.8. The van der Waals surface area contributed by atoms with Gasteiger partial charge in [0.15, 0.2) is 0 Å². The number of alkyl halides is 3. The lowest BCUT2D eigenvalue weighted by Crippen LogP contribution is -2.46. The van der Waals surface area contributed by atoms with Gasteiger partial charge in [-0.2, -0.15) is 13.2 Å². The molecule has 0 radical (unpaired) electrons. The minimum atomic E-state index is -4.50. The van der Waals surface area contributed by atoms with Gasteiger partial charge in [0.1, 0.15) is 5.75 Å². The highest BCUT2D eigenvalue weighted by Gasteiger charge is 2.35. The molecule has 1 N–H and O–H groups in total. The second-order valence-corrected chi connectivity index (χ2v) is 7.40. The fourth-order valence-electron chi connectivity index (χ4n) is 3.73. The molecule has 160 valence electrons. The molecule has 3 aromatic rings. The van der Waals surface area contributed by atoms with Crippen molar-refractivity contribution < 1.29 is 22.7 Å². The first kappa shape index (κ1) is 20.8. The number of methoxy groups -OCH3 is 1. The number of fused-ring (bicyclic) bond motifs is 1. The predicted octanol–water partition coefficient (Wildman–Crippen LogP) is 5.40. The number of nitrogens with one attached hydrogen (secondary N) is 1. The Morgan fingerprint density at radius 2 is 1.77 bits per heavy atom. The van der Waals surface area contributed by atoms with E-state index < -0.39 is 11.7 Å². The lowest BCUT2D eigenvalue weighted by Gasteiger charge is -2.36. The molecule has 0 saturated heterocycles.